The van der Waals surface area contributed by atoms with Gasteiger partial charge in [-0.3, -0.25) is 0 Å². The first kappa shape index (κ1) is 12.0. The Labute approximate surface area is 95.1 Å². The molecule has 4 heteroatoms. The maximum atomic E-state index is 8.83. The molecule has 0 aliphatic rings. The van der Waals surface area contributed by atoms with Gasteiger partial charge >= 0.3 is 0 Å². The quantitative estimate of drug-likeness (QED) is 0.710. The lowest BCUT2D eigenvalue weighted by molar-refractivity contribution is 0.437. The third kappa shape index (κ3) is 4.32. The van der Waals surface area contributed by atoms with Gasteiger partial charge in [0.1, 0.15) is 11.8 Å². The molecule has 0 saturated heterocycles. The Morgan fingerprint density at radius 3 is 3.00 bits per heavy atom. The van der Waals surface area contributed by atoms with Crippen molar-refractivity contribution >= 4 is 11.8 Å². The predicted octanol–water partition coefficient (Wildman–Crippen LogP) is 1.75. The molecule has 0 aromatic carbocycles. The van der Waals surface area contributed by atoms with E-state index in [1.807, 2.05) is 23.9 Å². The van der Waals surface area contributed by atoms with E-state index in [0.29, 0.717) is 5.69 Å². The van der Waals surface area contributed by atoms with Crippen LogP contribution in [0.1, 0.15) is 11.3 Å². The molecular formula is C11H15N3S. The molecule has 0 bridgehead atoms. The average Bonchev–Trinajstić information content (AvgIpc) is 2.24. The van der Waals surface area contributed by atoms with Gasteiger partial charge in [0.2, 0.25) is 0 Å². The zero-order chi connectivity index (χ0) is 11.1. The minimum absolute atomic E-state index is 0.551. The smallest absolute Gasteiger partial charge is 0.144 e. The molecule has 1 aromatic heterocycles. The Bertz CT molecular complexity index is 344. The highest BCUT2D eigenvalue weighted by Crippen LogP contribution is 2.13. The van der Waals surface area contributed by atoms with E-state index in [1.165, 1.54) is 0 Å². The number of aromatic nitrogens is 1. The van der Waals surface area contributed by atoms with Crippen LogP contribution in [0.15, 0.2) is 18.3 Å². The zero-order valence-corrected chi connectivity index (χ0v) is 9.92. The normalized spacial score (nSPS) is 10.3. The summed E-state index contributed by atoms with van der Waals surface area (Å²) in [6, 6.07) is 5.95. The summed E-state index contributed by atoms with van der Waals surface area (Å²) in [4.78, 5) is 6.18. The van der Waals surface area contributed by atoms with Gasteiger partial charge in [0, 0.05) is 24.2 Å². The van der Waals surface area contributed by atoms with Gasteiger partial charge in [-0.15, -0.1) is 0 Å². The van der Waals surface area contributed by atoms with Crippen LogP contribution in [0.3, 0.4) is 0 Å². The molecule has 0 spiro atoms. The van der Waals surface area contributed by atoms with Crippen LogP contribution in [0.2, 0.25) is 0 Å². The second kappa shape index (κ2) is 6.44. The number of rotatable bonds is 5. The highest BCUT2D eigenvalue weighted by Gasteiger charge is 2.01. The van der Waals surface area contributed by atoms with E-state index in [-0.39, 0.29) is 0 Å². The largest absolute Gasteiger partial charge is 0.309 e. The molecule has 0 unspecified atom stereocenters. The van der Waals surface area contributed by atoms with E-state index in [1.54, 1.807) is 6.20 Å². The summed E-state index contributed by atoms with van der Waals surface area (Å²) in [6.07, 6.45) is 1.66. The van der Waals surface area contributed by atoms with Crippen molar-refractivity contribution in [2.24, 2.45) is 0 Å². The van der Waals surface area contributed by atoms with Crippen LogP contribution in [0.5, 0.6) is 0 Å². The number of thioether (sulfide) groups is 1. The average molecular weight is 221 g/mol. The molecule has 1 heterocycles. The fourth-order valence-corrected chi connectivity index (χ4v) is 2.18. The van der Waals surface area contributed by atoms with Crippen molar-refractivity contribution in [3.63, 3.8) is 0 Å². The van der Waals surface area contributed by atoms with Crippen molar-refractivity contribution in [2.75, 3.05) is 26.4 Å². The van der Waals surface area contributed by atoms with E-state index < -0.39 is 0 Å². The van der Waals surface area contributed by atoms with E-state index in [2.05, 4.69) is 30.0 Å². The van der Waals surface area contributed by atoms with Crippen LogP contribution in [-0.2, 0) is 5.75 Å². The van der Waals surface area contributed by atoms with Gasteiger partial charge in [-0.25, -0.2) is 4.98 Å². The van der Waals surface area contributed by atoms with E-state index in [9.17, 15) is 0 Å². The molecule has 1 rings (SSSR count). The summed E-state index contributed by atoms with van der Waals surface area (Å²) in [5.74, 6) is 1.94. The molecule has 0 amide bonds. The van der Waals surface area contributed by atoms with Gasteiger partial charge in [0.05, 0.1) is 0 Å². The molecule has 15 heavy (non-hydrogen) atoms. The summed E-state index contributed by atoms with van der Waals surface area (Å²) in [5.41, 5.74) is 1.58. The van der Waals surface area contributed by atoms with Gasteiger partial charge < -0.3 is 4.90 Å². The maximum absolute atomic E-state index is 8.83. The SMILES string of the molecule is CN(C)CCSCc1cccnc1C#N. The van der Waals surface area contributed by atoms with Crippen molar-refractivity contribution in [1.82, 2.24) is 9.88 Å². The maximum Gasteiger partial charge on any atom is 0.144 e. The minimum Gasteiger partial charge on any atom is -0.309 e. The summed E-state index contributed by atoms with van der Waals surface area (Å²) in [7, 11) is 4.12. The second-order valence-corrected chi connectivity index (χ2v) is 4.58. The summed E-state index contributed by atoms with van der Waals surface area (Å²) in [6.45, 7) is 1.06. The highest BCUT2D eigenvalue weighted by atomic mass is 32.2. The van der Waals surface area contributed by atoms with Crippen LogP contribution in [0.25, 0.3) is 0 Å². The first-order valence-electron chi connectivity index (χ1n) is 4.80. The third-order valence-electron chi connectivity index (χ3n) is 1.94. The molecule has 0 fully saturated rings. The van der Waals surface area contributed by atoms with Gasteiger partial charge in [0.25, 0.3) is 0 Å². The van der Waals surface area contributed by atoms with Crippen LogP contribution >= 0.6 is 11.8 Å². The molecule has 0 atom stereocenters. The number of pyridine rings is 1. The first-order chi connectivity index (χ1) is 7.24. The number of nitriles is 1. The Morgan fingerprint density at radius 1 is 1.53 bits per heavy atom. The topological polar surface area (TPSA) is 39.9 Å². The fourth-order valence-electron chi connectivity index (χ4n) is 1.08. The van der Waals surface area contributed by atoms with Gasteiger partial charge in [-0.05, 0) is 25.7 Å². The number of hydrogen-bond acceptors (Lipinski definition) is 4. The molecule has 3 nitrogen and oxygen atoms in total. The predicted molar refractivity (Wildman–Crippen MR) is 63.7 cm³/mol. The molecule has 0 saturated carbocycles. The number of hydrogen-bond donors (Lipinski definition) is 0. The lowest BCUT2D eigenvalue weighted by atomic mass is 10.2. The summed E-state index contributed by atoms with van der Waals surface area (Å²) >= 11 is 1.83. The lowest BCUT2D eigenvalue weighted by Gasteiger charge is -2.08. The van der Waals surface area contributed by atoms with Crippen molar-refractivity contribution in [3.05, 3.63) is 29.6 Å². The van der Waals surface area contributed by atoms with Crippen LogP contribution in [-0.4, -0.2) is 36.3 Å². The van der Waals surface area contributed by atoms with Gasteiger partial charge in [-0.1, -0.05) is 6.07 Å². The van der Waals surface area contributed by atoms with Crippen LogP contribution in [0, 0.1) is 11.3 Å². The first-order valence-corrected chi connectivity index (χ1v) is 5.96. The molecule has 0 radical (unpaired) electrons. The van der Waals surface area contributed by atoms with Crippen LogP contribution < -0.4 is 0 Å². The lowest BCUT2D eigenvalue weighted by Crippen LogP contribution is -2.14. The Morgan fingerprint density at radius 2 is 2.33 bits per heavy atom. The molecule has 1 aromatic rings. The fraction of sp³-hybridized carbons (Fsp3) is 0.455. The monoisotopic (exact) mass is 221 g/mol. The molecule has 0 aliphatic heterocycles. The second-order valence-electron chi connectivity index (χ2n) is 3.48. The van der Waals surface area contributed by atoms with E-state index in [4.69, 9.17) is 5.26 Å². The molecule has 0 aliphatic carbocycles. The molecular weight excluding hydrogens is 206 g/mol. The molecule has 0 N–H and O–H groups in total. The van der Waals surface area contributed by atoms with Gasteiger partial charge in [-0.2, -0.15) is 17.0 Å². The van der Waals surface area contributed by atoms with Crippen molar-refractivity contribution in [2.45, 2.75) is 5.75 Å². The minimum atomic E-state index is 0.551. The van der Waals surface area contributed by atoms with E-state index in [0.717, 1.165) is 23.6 Å². The Hall–Kier alpha value is -1.05. The summed E-state index contributed by atoms with van der Waals surface area (Å²) < 4.78 is 0. The van der Waals surface area contributed by atoms with Crippen molar-refractivity contribution < 1.29 is 0 Å². The highest BCUT2D eigenvalue weighted by molar-refractivity contribution is 7.98. The van der Waals surface area contributed by atoms with Crippen molar-refractivity contribution in [3.8, 4) is 6.07 Å². The van der Waals surface area contributed by atoms with E-state index >= 15 is 0 Å². The Kier molecular flexibility index (Phi) is 5.16. The standard InChI is InChI=1S/C11H15N3S/c1-14(2)6-7-15-9-10-4-3-5-13-11(10)8-12/h3-5H,6-7,9H2,1-2H3. The third-order valence-corrected chi connectivity index (χ3v) is 2.92. The molecule has 80 valence electrons. The zero-order valence-electron chi connectivity index (χ0n) is 9.10. The van der Waals surface area contributed by atoms with Crippen molar-refractivity contribution in [1.29, 1.82) is 5.26 Å². The van der Waals surface area contributed by atoms with Crippen LogP contribution in [0.4, 0.5) is 0 Å². The Balaban J connectivity index is 2.41. The number of nitrogens with zero attached hydrogens (tertiary/aromatic N) is 3. The van der Waals surface area contributed by atoms with Gasteiger partial charge in [0.15, 0.2) is 0 Å². The summed E-state index contributed by atoms with van der Waals surface area (Å²) in [5, 5.41) is 8.83.